The highest BCUT2D eigenvalue weighted by Gasteiger charge is 2.31. The summed E-state index contributed by atoms with van der Waals surface area (Å²) in [6.45, 7) is 0.676. The second kappa shape index (κ2) is 6.61. The second-order valence-corrected chi connectivity index (χ2v) is 5.34. The van der Waals surface area contributed by atoms with Crippen molar-refractivity contribution < 1.29 is 14.7 Å². The Morgan fingerprint density at radius 2 is 1.95 bits per heavy atom. The number of carbonyl (C=O) groups excluding carboxylic acids is 1. The molecule has 1 heterocycles. The lowest BCUT2D eigenvalue weighted by atomic mass is 10.1. The molecule has 20 heavy (non-hydrogen) atoms. The number of likely N-dealkylation sites (tertiary alicyclic amines) is 1. The number of rotatable bonds is 5. The van der Waals surface area contributed by atoms with Gasteiger partial charge in [0, 0.05) is 24.9 Å². The number of thiocarbonyl (C=S) groups is 1. The van der Waals surface area contributed by atoms with Crippen molar-refractivity contribution in [2.75, 3.05) is 6.54 Å². The van der Waals surface area contributed by atoms with Crippen molar-refractivity contribution in [2.24, 2.45) is 0 Å². The summed E-state index contributed by atoms with van der Waals surface area (Å²) in [6, 6.07) is 8.55. The number of hydrogen-bond donors (Lipinski definition) is 1. The highest BCUT2D eigenvalue weighted by Crippen LogP contribution is 2.20. The molecule has 1 atom stereocenters. The molecule has 4 nitrogen and oxygen atoms in total. The molecule has 5 heteroatoms. The lowest BCUT2D eigenvalue weighted by molar-refractivity contribution is -0.140. The number of ketones is 1. The molecule has 1 aromatic rings. The van der Waals surface area contributed by atoms with E-state index in [4.69, 9.17) is 17.3 Å². The van der Waals surface area contributed by atoms with Gasteiger partial charge in [-0.3, -0.25) is 4.79 Å². The van der Waals surface area contributed by atoms with Crippen LogP contribution in [0.3, 0.4) is 0 Å². The number of nitrogens with zero attached hydrogens (tertiary/aromatic N) is 1. The van der Waals surface area contributed by atoms with Gasteiger partial charge in [-0.2, -0.15) is 0 Å². The summed E-state index contributed by atoms with van der Waals surface area (Å²) in [5, 5.41) is 9.12. The highest BCUT2D eigenvalue weighted by atomic mass is 32.1. The molecule has 1 saturated heterocycles. The van der Waals surface area contributed by atoms with Crippen molar-refractivity contribution >= 4 is 29.0 Å². The van der Waals surface area contributed by atoms with E-state index in [9.17, 15) is 9.59 Å². The number of benzene rings is 1. The average Bonchev–Trinajstić information content (AvgIpc) is 2.95. The van der Waals surface area contributed by atoms with Crippen LogP contribution >= 0.6 is 12.2 Å². The molecular formula is C15H17NO3S. The summed E-state index contributed by atoms with van der Waals surface area (Å²) in [6.07, 6.45) is 2.23. The Balaban J connectivity index is 1.89. The third-order valence-corrected chi connectivity index (χ3v) is 3.96. The molecule has 0 aliphatic carbocycles. The number of hydrogen-bond acceptors (Lipinski definition) is 3. The summed E-state index contributed by atoms with van der Waals surface area (Å²) < 4.78 is 0. The Hall–Kier alpha value is -1.75. The van der Waals surface area contributed by atoms with Gasteiger partial charge in [-0.05, 0) is 12.8 Å². The summed E-state index contributed by atoms with van der Waals surface area (Å²) >= 11 is 5.29. The number of carboxylic acids is 1. The van der Waals surface area contributed by atoms with E-state index in [0.29, 0.717) is 36.4 Å². The van der Waals surface area contributed by atoms with Crippen LogP contribution in [0.1, 0.15) is 36.0 Å². The van der Waals surface area contributed by atoms with Crippen LogP contribution in [0.15, 0.2) is 30.3 Å². The zero-order chi connectivity index (χ0) is 14.5. The topological polar surface area (TPSA) is 57.6 Å². The van der Waals surface area contributed by atoms with Crippen LogP contribution in [0.4, 0.5) is 0 Å². The van der Waals surface area contributed by atoms with Crippen LogP contribution in [0.2, 0.25) is 0 Å². The highest BCUT2D eigenvalue weighted by molar-refractivity contribution is 7.80. The lowest BCUT2D eigenvalue weighted by Crippen LogP contribution is -2.39. The molecule has 106 valence electrons. The molecule has 0 bridgehead atoms. The zero-order valence-corrected chi connectivity index (χ0v) is 11.9. The van der Waals surface area contributed by atoms with Gasteiger partial charge in [0.1, 0.15) is 6.04 Å². The second-order valence-electron chi connectivity index (χ2n) is 4.87. The summed E-state index contributed by atoms with van der Waals surface area (Å²) in [7, 11) is 0. The van der Waals surface area contributed by atoms with E-state index >= 15 is 0 Å². The fourth-order valence-corrected chi connectivity index (χ4v) is 2.77. The molecule has 0 amide bonds. The maximum absolute atomic E-state index is 12.0. The number of Topliss-reactive ketones (excluding diaryl/α,β-unsaturated/α-hetero) is 1. The minimum Gasteiger partial charge on any atom is -0.480 e. The Bertz CT molecular complexity index is 515. The Kier molecular flexibility index (Phi) is 4.84. The minimum absolute atomic E-state index is 0.0408. The number of aliphatic carboxylic acids is 1. The van der Waals surface area contributed by atoms with Crippen LogP contribution in [0.25, 0.3) is 0 Å². The molecule has 1 aliphatic heterocycles. The van der Waals surface area contributed by atoms with Crippen molar-refractivity contribution in [3.8, 4) is 0 Å². The van der Waals surface area contributed by atoms with Crippen LogP contribution < -0.4 is 0 Å². The van der Waals surface area contributed by atoms with Crippen LogP contribution in [0, 0.1) is 0 Å². The fraction of sp³-hybridized carbons (Fsp3) is 0.400. The van der Waals surface area contributed by atoms with E-state index in [-0.39, 0.29) is 5.78 Å². The van der Waals surface area contributed by atoms with Crippen molar-refractivity contribution in [1.29, 1.82) is 0 Å². The van der Waals surface area contributed by atoms with E-state index in [1.165, 1.54) is 0 Å². The van der Waals surface area contributed by atoms with E-state index in [2.05, 4.69) is 0 Å². The predicted octanol–water partition coefficient (Wildman–Crippen LogP) is 2.53. The minimum atomic E-state index is -0.834. The first kappa shape index (κ1) is 14.7. The normalized spacial score (nSPS) is 18.0. The number of carbonyl (C=O) groups is 2. The van der Waals surface area contributed by atoms with Crippen LogP contribution in [-0.4, -0.2) is 39.3 Å². The molecule has 1 fully saturated rings. The van der Waals surface area contributed by atoms with E-state index < -0.39 is 12.0 Å². The summed E-state index contributed by atoms with van der Waals surface area (Å²) in [5.41, 5.74) is 0.673. The van der Waals surface area contributed by atoms with Gasteiger partial charge in [0.2, 0.25) is 0 Å². The predicted molar refractivity (Wildman–Crippen MR) is 80.0 cm³/mol. The number of carboxylic acid groups (broad SMARTS) is 1. The summed E-state index contributed by atoms with van der Waals surface area (Å²) in [4.78, 5) is 25.4. The molecule has 1 N–H and O–H groups in total. The third kappa shape index (κ3) is 3.42. The lowest BCUT2D eigenvalue weighted by Gasteiger charge is -2.24. The Labute approximate surface area is 123 Å². The van der Waals surface area contributed by atoms with E-state index in [1.54, 1.807) is 17.0 Å². The van der Waals surface area contributed by atoms with E-state index in [0.717, 1.165) is 6.42 Å². The van der Waals surface area contributed by atoms with Gasteiger partial charge in [0.05, 0.1) is 4.99 Å². The molecule has 0 saturated carbocycles. The molecular weight excluding hydrogens is 274 g/mol. The SMILES string of the molecule is O=C(CCC(=S)N1CCC[C@@H]1C(=O)O)c1ccccc1. The van der Waals surface area contributed by atoms with Crippen molar-refractivity contribution in [3.05, 3.63) is 35.9 Å². The van der Waals surface area contributed by atoms with Gasteiger partial charge < -0.3 is 10.0 Å². The fourth-order valence-electron chi connectivity index (χ4n) is 2.45. The zero-order valence-electron chi connectivity index (χ0n) is 11.1. The smallest absolute Gasteiger partial charge is 0.326 e. The van der Waals surface area contributed by atoms with Crippen LogP contribution in [-0.2, 0) is 4.79 Å². The molecule has 1 aliphatic rings. The molecule has 0 spiro atoms. The Morgan fingerprint density at radius 3 is 2.60 bits per heavy atom. The molecule has 2 rings (SSSR count). The van der Waals surface area contributed by atoms with Crippen molar-refractivity contribution in [2.45, 2.75) is 31.7 Å². The van der Waals surface area contributed by atoms with Gasteiger partial charge in [0.15, 0.2) is 5.78 Å². The summed E-state index contributed by atoms with van der Waals surface area (Å²) in [5.74, 6) is -0.793. The standard InChI is InChI=1S/C15H17NO3S/c17-13(11-5-2-1-3-6-11)8-9-14(20)16-10-4-7-12(16)15(18)19/h1-3,5-6,12H,4,7-10H2,(H,18,19)/t12-/m1/s1. The van der Waals surface area contributed by atoms with Crippen LogP contribution in [0.5, 0.6) is 0 Å². The van der Waals surface area contributed by atoms with Gasteiger partial charge >= 0.3 is 5.97 Å². The molecule has 0 radical (unpaired) electrons. The van der Waals surface area contributed by atoms with Gasteiger partial charge in [-0.1, -0.05) is 42.5 Å². The van der Waals surface area contributed by atoms with E-state index in [1.807, 2.05) is 18.2 Å². The maximum Gasteiger partial charge on any atom is 0.326 e. The van der Waals surface area contributed by atoms with Crippen molar-refractivity contribution in [3.63, 3.8) is 0 Å². The first-order chi connectivity index (χ1) is 9.59. The molecule has 1 aromatic carbocycles. The molecule has 0 aromatic heterocycles. The molecule has 0 unspecified atom stereocenters. The third-order valence-electron chi connectivity index (χ3n) is 3.52. The van der Waals surface area contributed by atoms with Gasteiger partial charge in [-0.15, -0.1) is 0 Å². The quantitative estimate of drug-likeness (QED) is 0.667. The first-order valence-electron chi connectivity index (χ1n) is 6.70. The van der Waals surface area contributed by atoms with Crippen molar-refractivity contribution in [1.82, 2.24) is 4.90 Å². The maximum atomic E-state index is 12.0. The largest absolute Gasteiger partial charge is 0.480 e. The van der Waals surface area contributed by atoms with Gasteiger partial charge in [-0.25, -0.2) is 4.79 Å². The van der Waals surface area contributed by atoms with Gasteiger partial charge in [0.25, 0.3) is 0 Å². The monoisotopic (exact) mass is 291 g/mol. The average molecular weight is 291 g/mol. The Morgan fingerprint density at radius 1 is 1.25 bits per heavy atom. The first-order valence-corrected chi connectivity index (χ1v) is 7.11.